The molecule has 25 heavy (non-hydrogen) atoms. The Morgan fingerprint density at radius 3 is 3.00 bits per heavy atom. The van der Waals surface area contributed by atoms with Crippen molar-refractivity contribution in [3.8, 4) is 0 Å². The van der Waals surface area contributed by atoms with E-state index >= 15 is 0 Å². The number of nitrogens with zero attached hydrogens (tertiary/aromatic N) is 1. The van der Waals surface area contributed by atoms with Crippen LogP contribution in [0.5, 0.6) is 0 Å². The highest BCUT2D eigenvalue weighted by Gasteiger charge is 2.41. The molecule has 1 saturated carbocycles. The van der Waals surface area contributed by atoms with Crippen LogP contribution in [0.3, 0.4) is 0 Å². The number of anilines is 1. The number of carbonyl (C=O) groups excluding carboxylic acids is 2. The molecule has 4 heteroatoms. The van der Waals surface area contributed by atoms with E-state index in [0.29, 0.717) is 30.8 Å². The minimum Gasteiger partial charge on any atom is -0.337 e. The fourth-order valence-corrected chi connectivity index (χ4v) is 5.15. The molecule has 0 aromatic heterocycles. The van der Waals surface area contributed by atoms with Crippen LogP contribution in [0.25, 0.3) is 0 Å². The largest absolute Gasteiger partial charge is 0.337 e. The molecule has 0 spiro atoms. The highest BCUT2D eigenvalue weighted by molar-refractivity contribution is 5.99. The van der Waals surface area contributed by atoms with Crippen molar-refractivity contribution >= 4 is 17.5 Å². The summed E-state index contributed by atoms with van der Waals surface area (Å²) < 4.78 is 0. The summed E-state index contributed by atoms with van der Waals surface area (Å²) in [5, 5.41) is 2.87. The Kier molecular flexibility index (Phi) is 4.53. The molecule has 2 fully saturated rings. The van der Waals surface area contributed by atoms with Gasteiger partial charge in [0.15, 0.2) is 0 Å². The van der Waals surface area contributed by atoms with Crippen LogP contribution < -0.4 is 5.32 Å². The Labute approximate surface area is 150 Å². The predicted molar refractivity (Wildman–Crippen MR) is 98.4 cm³/mol. The number of hydrogen-bond donors (Lipinski definition) is 1. The van der Waals surface area contributed by atoms with Crippen LogP contribution in [0.4, 0.5) is 5.69 Å². The molecule has 4 nitrogen and oxygen atoms in total. The van der Waals surface area contributed by atoms with E-state index in [0.717, 1.165) is 30.0 Å². The lowest BCUT2D eigenvalue weighted by Crippen LogP contribution is -2.42. The number of rotatable bonds is 4. The second-order valence-corrected chi connectivity index (χ2v) is 8.07. The average molecular weight is 340 g/mol. The molecule has 1 N–H and O–H groups in total. The zero-order valence-electron chi connectivity index (χ0n) is 15.1. The van der Waals surface area contributed by atoms with Crippen molar-refractivity contribution < 1.29 is 9.59 Å². The lowest BCUT2D eigenvalue weighted by atomic mass is 9.85. The van der Waals surface area contributed by atoms with E-state index in [2.05, 4.69) is 29.3 Å². The Bertz CT molecular complexity index is 684. The summed E-state index contributed by atoms with van der Waals surface area (Å²) in [6.07, 6.45) is 9.24. The highest BCUT2D eigenvalue weighted by Crippen LogP contribution is 2.39. The number of fused-ring (bicyclic) bond motifs is 2. The van der Waals surface area contributed by atoms with Gasteiger partial charge in [0.1, 0.15) is 0 Å². The standard InChI is InChI=1S/C21H28N2O2/c1-14-11-16-6-2-3-7-19(16)23(14)21(25)8-4-5-15-9-10-18-17(12-15)13-20(24)22-18/h9-10,12,14,16,19H,2-8,11,13H2,1H3,(H,22,24)/t14-,16+,19-/m1/s1. The minimum atomic E-state index is 0.0763. The first kappa shape index (κ1) is 16.6. The Balaban J connectivity index is 1.32. The van der Waals surface area contributed by atoms with E-state index in [1.807, 2.05) is 6.07 Å². The van der Waals surface area contributed by atoms with E-state index in [4.69, 9.17) is 0 Å². The van der Waals surface area contributed by atoms with Gasteiger partial charge in [0, 0.05) is 24.2 Å². The van der Waals surface area contributed by atoms with Crippen LogP contribution in [-0.4, -0.2) is 28.8 Å². The van der Waals surface area contributed by atoms with Crippen LogP contribution >= 0.6 is 0 Å². The first-order valence-corrected chi connectivity index (χ1v) is 9.84. The molecule has 0 radical (unpaired) electrons. The zero-order chi connectivity index (χ0) is 17.4. The van der Waals surface area contributed by atoms with Crippen molar-refractivity contribution in [1.29, 1.82) is 0 Å². The van der Waals surface area contributed by atoms with Crippen LogP contribution in [0.2, 0.25) is 0 Å². The number of hydrogen-bond acceptors (Lipinski definition) is 2. The summed E-state index contributed by atoms with van der Waals surface area (Å²) in [6, 6.07) is 7.11. The topological polar surface area (TPSA) is 49.4 Å². The minimum absolute atomic E-state index is 0.0763. The lowest BCUT2D eigenvalue weighted by molar-refractivity contribution is -0.134. The lowest BCUT2D eigenvalue weighted by Gasteiger charge is -2.33. The van der Waals surface area contributed by atoms with Gasteiger partial charge in [0.2, 0.25) is 11.8 Å². The second kappa shape index (κ2) is 6.81. The molecular weight excluding hydrogens is 312 g/mol. The molecule has 3 aliphatic rings. The molecule has 2 amide bonds. The summed E-state index contributed by atoms with van der Waals surface area (Å²) in [5.41, 5.74) is 3.26. The van der Waals surface area contributed by atoms with Crippen molar-refractivity contribution in [3.05, 3.63) is 29.3 Å². The molecule has 2 aliphatic heterocycles. The van der Waals surface area contributed by atoms with Crippen molar-refractivity contribution in [3.63, 3.8) is 0 Å². The smallest absolute Gasteiger partial charge is 0.228 e. The maximum absolute atomic E-state index is 12.8. The van der Waals surface area contributed by atoms with E-state index < -0.39 is 0 Å². The van der Waals surface area contributed by atoms with Gasteiger partial charge in [0.05, 0.1) is 6.42 Å². The van der Waals surface area contributed by atoms with E-state index in [9.17, 15) is 9.59 Å². The molecule has 134 valence electrons. The maximum atomic E-state index is 12.8. The third-order valence-corrected chi connectivity index (χ3v) is 6.28. The van der Waals surface area contributed by atoms with Gasteiger partial charge in [-0.2, -0.15) is 0 Å². The van der Waals surface area contributed by atoms with Crippen molar-refractivity contribution in [2.75, 3.05) is 5.32 Å². The van der Waals surface area contributed by atoms with Gasteiger partial charge in [-0.05, 0) is 62.1 Å². The van der Waals surface area contributed by atoms with Gasteiger partial charge < -0.3 is 10.2 Å². The Hall–Kier alpha value is -1.84. The predicted octanol–water partition coefficient (Wildman–Crippen LogP) is 3.68. The van der Waals surface area contributed by atoms with Gasteiger partial charge in [-0.25, -0.2) is 0 Å². The molecular formula is C21H28N2O2. The number of benzene rings is 1. The van der Waals surface area contributed by atoms with Gasteiger partial charge >= 0.3 is 0 Å². The zero-order valence-corrected chi connectivity index (χ0v) is 15.1. The molecule has 0 bridgehead atoms. The molecule has 3 atom stereocenters. The fraction of sp³-hybridized carbons (Fsp3) is 0.619. The van der Waals surface area contributed by atoms with E-state index in [1.54, 1.807) is 0 Å². The average Bonchev–Trinajstić information content (AvgIpc) is 3.12. The molecule has 0 unspecified atom stereocenters. The van der Waals surface area contributed by atoms with Gasteiger partial charge in [0.25, 0.3) is 0 Å². The number of carbonyl (C=O) groups is 2. The monoisotopic (exact) mass is 340 g/mol. The van der Waals surface area contributed by atoms with E-state index in [1.165, 1.54) is 37.7 Å². The number of aryl methyl sites for hydroxylation is 1. The molecule has 2 heterocycles. The third-order valence-electron chi connectivity index (χ3n) is 6.28. The number of nitrogens with one attached hydrogen (secondary N) is 1. The molecule has 4 rings (SSSR count). The molecule has 1 saturated heterocycles. The fourth-order valence-electron chi connectivity index (χ4n) is 5.15. The summed E-state index contributed by atoms with van der Waals surface area (Å²) in [4.78, 5) is 26.5. The quantitative estimate of drug-likeness (QED) is 0.909. The highest BCUT2D eigenvalue weighted by atomic mass is 16.2. The maximum Gasteiger partial charge on any atom is 0.228 e. The normalized spacial score (nSPS) is 27.8. The van der Waals surface area contributed by atoms with Crippen LogP contribution in [0.15, 0.2) is 18.2 Å². The first-order chi connectivity index (χ1) is 12.1. The van der Waals surface area contributed by atoms with Crippen LogP contribution in [0.1, 0.15) is 63.0 Å². The number of amides is 2. The summed E-state index contributed by atoms with van der Waals surface area (Å²) in [5.74, 6) is 1.17. The van der Waals surface area contributed by atoms with Crippen molar-refractivity contribution in [2.24, 2.45) is 5.92 Å². The molecule has 1 aliphatic carbocycles. The van der Waals surface area contributed by atoms with Gasteiger partial charge in [-0.15, -0.1) is 0 Å². The third kappa shape index (κ3) is 3.31. The SMILES string of the molecule is C[C@@H]1C[C@@H]2CCCC[C@H]2N1C(=O)CCCc1ccc2c(c1)CC(=O)N2. The van der Waals surface area contributed by atoms with E-state index in [-0.39, 0.29) is 5.91 Å². The Morgan fingerprint density at radius 2 is 2.12 bits per heavy atom. The van der Waals surface area contributed by atoms with Crippen LogP contribution in [-0.2, 0) is 22.4 Å². The van der Waals surface area contributed by atoms with Gasteiger partial charge in [-0.1, -0.05) is 25.0 Å². The number of likely N-dealkylation sites (tertiary alicyclic amines) is 1. The van der Waals surface area contributed by atoms with Crippen molar-refractivity contribution in [1.82, 2.24) is 4.90 Å². The van der Waals surface area contributed by atoms with Crippen molar-refractivity contribution in [2.45, 2.75) is 76.8 Å². The molecule has 1 aromatic carbocycles. The second-order valence-electron chi connectivity index (χ2n) is 8.07. The summed E-state index contributed by atoms with van der Waals surface area (Å²) in [6.45, 7) is 2.22. The van der Waals surface area contributed by atoms with Crippen LogP contribution in [0, 0.1) is 5.92 Å². The molecule has 1 aromatic rings. The summed E-state index contributed by atoms with van der Waals surface area (Å²) >= 11 is 0. The summed E-state index contributed by atoms with van der Waals surface area (Å²) in [7, 11) is 0. The van der Waals surface area contributed by atoms with Gasteiger partial charge in [-0.3, -0.25) is 9.59 Å². The first-order valence-electron chi connectivity index (χ1n) is 9.84. The Morgan fingerprint density at radius 1 is 1.28 bits per heavy atom.